The Labute approximate surface area is 93.7 Å². The van der Waals surface area contributed by atoms with Gasteiger partial charge in [0.2, 0.25) is 0 Å². The van der Waals surface area contributed by atoms with E-state index in [4.69, 9.17) is 9.47 Å². The number of hydrogen-bond donors (Lipinski definition) is 0. The summed E-state index contributed by atoms with van der Waals surface area (Å²) >= 11 is 0. The Morgan fingerprint density at radius 2 is 2.20 bits per heavy atom. The smallest absolute Gasteiger partial charge is 0.0860 e. The summed E-state index contributed by atoms with van der Waals surface area (Å²) in [5.74, 6) is 0. The van der Waals surface area contributed by atoms with Gasteiger partial charge in [-0.05, 0) is 26.2 Å². The van der Waals surface area contributed by atoms with Gasteiger partial charge in [0.25, 0.3) is 0 Å². The highest BCUT2D eigenvalue weighted by molar-refractivity contribution is 5.09. The van der Waals surface area contributed by atoms with E-state index in [-0.39, 0.29) is 5.60 Å². The van der Waals surface area contributed by atoms with E-state index in [1.807, 2.05) is 14.0 Å². The van der Waals surface area contributed by atoms with Crippen molar-refractivity contribution in [2.45, 2.75) is 57.7 Å². The van der Waals surface area contributed by atoms with Crippen LogP contribution in [0.3, 0.4) is 0 Å². The molecule has 2 nitrogen and oxygen atoms in total. The minimum Gasteiger partial charge on any atom is -0.374 e. The lowest BCUT2D eigenvalue weighted by Crippen LogP contribution is -2.34. The van der Waals surface area contributed by atoms with E-state index in [9.17, 15) is 0 Å². The first-order valence-electron chi connectivity index (χ1n) is 6.12. The van der Waals surface area contributed by atoms with Crippen molar-refractivity contribution in [1.82, 2.24) is 0 Å². The Bertz CT molecular complexity index is 201. The molecule has 2 heteroatoms. The second kappa shape index (κ2) is 6.29. The molecule has 0 radical (unpaired) electrons. The van der Waals surface area contributed by atoms with Crippen molar-refractivity contribution in [3.05, 3.63) is 12.2 Å². The summed E-state index contributed by atoms with van der Waals surface area (Å²) in [5.41, 5.74) is -0.0103. The fourth-order valence-corrected chi connectivity index (χ4v) is 2.16. The summed E-state index contributed by atoms with van der Waals surface area (Å²) in [4.78, 5) is 0. The van der Waals surface area contributed by atoms with Gasteiger partial charge in [-0.1, -0.05) is 31.9 Å². The zero-order valence-corrected chi connectivity index (χ0v) is 10.3. The van der Waals surface area contributed by atoms with Crippen molar-refractivity contribution in [2.24, 2.45) is 0 Å². The van der Waals surface area contributed by atoms with Gasteiger partial charge < -0.3 is 9.47 Å². The Hall–Kier alpha value is -0.340. The van der Waals surface area contributed by atoms with Crippen LogP contribution in [0.2, 0.25) is 0 Å². The van der Waals surface area contributed by atoms with Crippen LogP contribution in [-0.4, -0.2) is 25.4 Å². The summed E-state index contributed by atoms with van der Waals surface area (Å²) < 4.78 is 11.2. The van der Waals surface area contributed by atoms with Crippen molar-refractivity contribution in [3.8, 4) is 0 Å². The number of rotatable bonds is 6. The molecule has 1 rings (SSSR count). The van der Waals surface area contributed by atoms with Gasteiger partial charge in [-0.3, -0.25) is 0 Å². The Morgan fingerprint density at radius 3 is 2.67 bits per heavy atom. The van der Waals surface area contributed by atoms with Gasteiger partial charge in [-0.2, -0.15) is 0 Å². The van der Waals surface area contributed by atoms with Crippen molar-refractivity contribution in [2.75, 3.05) is 13.7 Å². The predicted octanol–water partition coefficient (Wildman–Crippen LogP) is 3.32. The molecule has 0 bridgehead atoms. The van der Waals surface area contributed by atoms with Gasteiger partial charge in [0.1, 0.15) is 0 Å². The van der Waals surface area contributed by atoms with Gasteiger partial charge in [0.05, 0.1) is 11.7 Å². The van der Waals surface area contributed by atoms with Crippen LogP contribution in [0.4, 0.5) is 0 Å². The average Bonchev–Trinajstić information content (AvgIpc) is 2.29. The molecule has 0 N–H and O–H groups in total. The third kappa shape index (κ3) is 3.62. The Balaban J connectivity index is 2.51. The van der Waals surface area contributed by atoms with Gasteiger partial charge in [-0.25, -0.2) is 0 Å². The van der Waals surface area contributed by atoms with Crippen LogP contribution < -0.4 is 0 Å². The number of ether oxygens (including phenoxy) is 2. The molecule has 0 aromatic heterocycles. The van der Waals surface area contributed by atoms with Gasteiger partial charge in [0, 0.05) is 13.7 Å². The molecule has 2 unspecified atom stereocenters. The molecule has 0 aromatic rings. The van der Waals surface area contributed by atoms with Crippen molar-refractivity contribution in [3.63, 3.8) is 0 Å². The van der Waals surface area contributed by atoms with Crippen LogP contribution in [0, 0.1) is 0 Å². The largest absolute Gasteiger partial charge is 0.374 e. The van der Waals surface area contributed by atoms with E-state index in [1.165, 1.54) is 12.8 Å². The number of hydrogen-bond acceptors (Lipinski definition) is 2. The van der Waals surface area contributed by atoms with Crippen molar-refractivity contribution in [1.29, 1.82) is 0 Å². The minimum atomic E-state index is -0.0103. The molecule has 2 atom stereocenters. The van der Waals surface area contributed by atoms with Crippen molar-refractivity contribution < 1.29 is 9.47 Å². The molecule has 0 heterocycles. The zero-order valence-electron chi connectivity index (χ0n) is 10.3. The molecule has 15 heavy (non-hydrogen) atoms. The van der Waals surface area contributed by atoms with E-state index in [0.717, 1.165) is 25.9 Å². The maximum absolute atomic E-state index is 5.66. The molecule has 0 saturated carbocycles. The fraction of sp³-hybridized carbons (Fsp3) is 0.846. The van der Waals surface area contributed by atoms with Crippen LogP contribution in [-0.2, 0) is 9.47 Å². The molecule has 88 valence electrons. The summed E-state index contributed by atoms with van der Waals surface area (Å²) in [7, 11) is 1.82. The molecule has 0 aromatic carbocycles. The second-order valence-electron chi connectivity index (χ2n) is 4.26. The molecule has 0 spiro atoms. The van der Waals surface area contributed by atoms with E-state index in [1.54, 1.807) is 0 Å². The summed E-state index contributed by atoms with van der Waals surface area (Å²) in [6.45, 7) is 5.06. The summed E-state index contributed by atoms with van der Waals surface area (Å²) in [6.07, 6.45) is 10.5. The van der Waals surface area contributed by atoms with Crippen LogP contribution in [0.15, 0.2) is 12.2 Å². The number of methoxy groups -OCH3 is 1. The lowest BCUT2D eigenvalue weighted by Gasteiger charge is -2.34. The van der Waals surface area contributed by atoms with Gasteiger partial charge in [-0.15, -0.1) is 0 Å². The maximum atomic E-state index is 5.66. The Morgan fingerprint density at radius 1 is 1.40 bits per heavy atom. The van der Waals surface area contributed by atoms with Crippen LogP contribution >= 0.6 is 0 Å². The highest BCUT2D eigenvalue weighted by atomic mass is 16.5. The normalized spacial score (nSPS) is 30.7. The number of unbranched alkanes of at least 4 members (excludes halogenated alkanes) is 1. The van der Waals surface area contributed by atoms with Crippen LogP contribution in [0.25, 0.3) is 0 Å². The maximum Gasteiger partial charge on any atom is 0.0860 e. The first-order chi connectivity index (χ1) is 7.26. The average molecular weight is 212 g/mol. The van der Waals surface area contributed by atoms with Gasteiger partial charge >= 0.3 is 0 Å². The molecule has 0 aliphatic heterocycles. The standard InChI is InChI=1S/C13H24O2/c1-4-6-9-13(14-3)10-7-12(8-11-13)15-5-2/h7,10,12H,4-6,8-9,11H2,1-3H3. The first-order valence-corrected chi connectivity index (χ1v) is 6.12. The third-order valence-electron chi connectivity index (χ3n) is 3.21. The Kier molecular flexibility index (Phi) is 5.34. The third-order valence-corrected chi connectivity index (χ3v) is 3.21. The highest BCUT2D eigenvalue weighted by Gasteiger charge is 2.30. The lowest BCUT2D eigenvalue weighted by atomic mass is 9.85. The SMILES string of the molecule is CCCCC1(OC)C=CC(OCC)CC1. The van der Waals surface area contributed by atoms with Crippen molar-refractivity contribution >= 4 is 0 Å². The summed E-state index contributed by atoms with van der Waals surface area (Å²) in [6, 6.07) is 0. The first kappa shape index (κ1) is 12.7. The molecule has 0 saturated heterocycles. The minimum absolute atomic E-state index is 0.0103. The van der Waals surface area contributed by atoms with Gasteiger partial charge in [0.15, 0.2) is 0 Å². The quantitative estimate of drug-likeness (QED) is 0.629. The lowest BCUT2D eigenvalue weighted by molar-refractivity contribution is -0.0115. The molecule has 1 aliphatic carbocycles. The zero-order chi connectivity index (χ0) is 11.1. The molecule has 0 amide bonds. The van der Waals surface area contributed by atoms with E-state index in [0.29, 0.717) is 6.10 Å². The van der Waals surface area contributed by atoms with E-state index >= 15 is 0 Å². The predicted molar refractivity (Wildman–Crippen MR) is 63.1 cm³/mol. The van der Waals surface area contributed by atoms with E-state index in [2.05, 4.69) is 19.1 Å². The summed E-state index contributed by atoms with van der Waals surface area (Å²) in [5, 5.41) is 0. The second-order valence-corrected chi connectivity index (χ2v) is 4.26. The molecule has 0 fully saturated rings. The fourth-order valence-electron chi connectivity index (χ4n) is 2.16. The molecule has 1 aliphatic rings. The molecular formula is C13H24O2. The van der Waals surface area contributed by atoms with Crippen LogP contribution in [0.5, 0.6) is 0 Å². The highest BCUT2D eigenvalue weighted by Crippen LogP contribution is 2.31. The monoisotopic (exact) mass is 212 g/mol. The molecular weight excluding hydrogens is 188 g/mol. The van der Waals surface area contributed by atoms with Crippen LogP contribution in [0.1, 0.15) is 46.0 Å². The van der Waals surface area contributed by atoms with E-state index < -0.39 is 0 Å². The topological polar surface area (TPSA) is 18.5 Å².